The normalized spacial score (nSPS) is 15.0. The molecule has 0 saturated carbocycles. The number of hydrogen-bond acceptors (Lipinski definition) is 5. The van der Waals surface area contributed by atoms with Crippen LogP contribution in [0.5, 0.6) is 0 Å². The number of halogens is 1. The summed E-state index contributed by atoms with van der Waals surface area (Å²) in [7, 11) is 0. The molecule has 1 aliphatic heterocycles. The quantitative estimate of drug-likeness (QED) is 0.673. The van der Waals surface area contributed by atoms with Gasteiger partial charge in [0.05, 0.1) is 11.4 Å². The number of piperazine rings is 1. The number of hydrogen-bond donors (Lipinski definition) is 2. The molecule has 3 rings (SSSR count). The highest BCUT2D eigenvalue weighted by Gasteiger charge is 2.20. The largest absolute Gasteiger partial charge is 0.351 e. The van der Waals surface area contributed by atoms with E-state index in [1.165, 1.54) is 0 Å². The van der Waals surface area contributed by atoms with E-state index in [1.807, 2.05) is 24.3 Å². The summed E-state index contributed by atoms with van der Waals surface area (Å²) in [4.78, 5) is 15.0. The minimum absolute atomic E-state index is 0.160. The van der Waals surface area contributed by atoms with Gasteiger partial charge in [0.25, 0.3) is 5.91 Å². The van der Waals surface area contributed by atoms with Crippen LogP contribution in [0.15, 0.2) is 24.3 Å². The molecule has 27 heavy (non-hydrogen) atoms. The zero-order valence-corrected chi connectivity index (χ0v) is 16.5. The van der Waals surface area contributed by atoms with Gasteiger partial charge < -0.3 is 15.5 Å². The van der Waals surface area contributed by atoms with E-state index >= 15 is 0 Å². The van der Waals surface area contributed by atoms with Gasteiger partial charge in [-0.1, -0.05) is 36.2 Å². The molecule has 1 amide bonds. The van der Waals surface area contributed by atoms with Crippen molar-refractivity contribution in [2.24, 2.45) is 0 Å². The van der Waals surface area contributed by atoms with Crippen LogP contribution >= 0.6 is 11.6 Å². The molecular formula is C19H27ClN6O. The summed E-state index contributed by atoms with van der Waals surface area (Å²) in [6.07, 6.45) is 2.55. The van der Waals surface area contributed by atoms with Crippen molar-refractivity contribution < 1.29 is 4.79 Å². The third-order valence-electron chi connectivity index (χ3n) is 4.66. The maximum Gasteiger partial charge on any atom is 0.273 e. The van der Waals surface area contributed by atoms with E-state index in [9.17, 15) is 4.79 Å². The van der Waals surface area contributed by atoms with E-state index in [-0.39, 0.29) is 5.91 Å². The third-order valence-corrected chi connectivity index (χ3v) is 4.90. The third kappa shape index (κ3) is 5.28. The maximum absolute atomic E-state index is 12.6. The second-order valence-electron chi connectivity index (χ2n) is 6.73. The molecule has 1 aromatic carbocycles. The monoisotopic (exact) mass is 390 g/mol. The first-order valence-corrected chi connectivity index (χ1v) is 9.98. The Kier molecular flexibility index (Phi) is 7.20. The Balaban J connectivity index is 1.62. The summed E-state index contributed by atoms with van der Waals surface area (Å²) >= 11 is 6.09. The van der Waals surface area contributed by atoms with Crippen molar-refractivity contribution in [1.82, 2.24) is 30.5 Å². The zero-order chi connectivity index (χ0) is 19.1. The molecule has 8 heteroatoms. The fourth-order valence-corrected chi connectivity index (χ4v) is 3.46. The Hall–Kier alpha value is -1.96. The van der Waals surface area contributed by atoms with E-state index in [2.05, 4.69) is 32.8 Å². The summed E-state index contributed by atoms with van der Waals surface area (Å²) in [6, 6.07) is 7.41. The van der Waals surface area contributed by atoms with Gasteiger partial charge in [0.1, 0.15) is 0 Å². The van der Waals surface area contributed by atoms with Crippen LogP contribution in [0.1, 0.15) is 35.9 Å². The lowest BCUT2D eigenvalue weighted by Crippen LogP contribution is -2.44. The van der Waals surface area contributed by atoms with Crippen LogP contribution in [0.2, 0.25) is 5.02 Å². The van der Waals surface area contributed by atoms with E-state index in [0.29, 0.717) is 17.3 Å². The number of benzene rings is 1. The molecule has 1 fully saturated rings. The first kappa shape index (κ1) is 19.8. The second-order valence-corrected chi connectivity index (χ2v) is 7.16. The lowest BCUT2D eigenvalue weighted by atomic mass is 10.2. The van der Waals surface area contributed by atoms with Gasteiger partial charge in [-0.05, 0) is 37.6 Å². The Labute approximate surface area is 165 Å². The SMILES string of the molecule is CCCc1c(C(=O)NCCCN2CCNCC2)nnn1-c1cccc(Cl)c1. The van der Waals surface area contributed by atoms with E-state index < -0.39 is 0 Å². The fraction of sp³-hybridized carbons (Fsp3) is 0.526. The van der Waals surface area contributed by atoms with Crippen LogP contribution < -0.4 is 10.6 Å². The van der Waals surface area contributed by atoms with Gasteiger partial charge in [-0.3, -0.25) is 4.79 Å². The average Bonchev–Trinajstić information content (AvgIpc) is 3.10. The molecule has 2 N–H and O–H groups in total. The zero-order valence-electron chi connectivity index (χ0n) is 15.7. The minimum atomic E-state index is -0.160. The van der Waals surface area contributed by atoms with E-state index in [4.69, 9.17) is 11.6 Å². The Morgan fingerprint density at radius 1 is 1.33 bits per heavy atom. The van der Waals surface area contributed by atoms with Crippen LogP contribution in [0, 0.1) is 0 Å². The summed E-state index contributed by atoms with van der Waals surface area (Å²) in [6.45, 7) is 7.94. The summed E-state index contributed by atoms with van der Waals surface area (Å²) < 4.78 is 1.71. The average molecular weight is 391 g/mol. The molecule has 0 unspecified atom stereocenters. The van der Waals surface area contributed by atoms with Crippen molar-refractivity contribution in [1.29, 1.82) is 0 Å². The van der Waals surface area contributed by atoms with Crippen molar-refractivity contribution in [2.45, 2.75) is 26.2 Å². The lowest BCUT2D eigenvalue weighted by Gasteiger charge is -2.27. The predicted molar refractivity (Wildman–Crippen MR) is 107 cm³/mol. The molecule has 2 heterocycles. The van der Waals surface area contributed by atoms with Crippen LogP contribution in [-0.4, -0.2) is 65.1 Å². The van der Waals surface area contributed by atoms with Crippen molar-refractivity contribution in [3.63, 3.8) is 0 Å². The Morgan fingerprint density at radius 3 is 2.89 bits per heavy atom. The van der Waals surface area contributed by atoms with Crippen molar-refractivity contribution in [3.05, 3.63) is 40.7 Å². The summed E-state index contributed by atoms with van der Waals surface area (Å²) in [5.74, 6) is -0.160. The molecular weight excluding hydrogens is 364 g/mol. The molecule has 0 aliphatic carbocycles. The molecule has 0 spiro atoms. The highest BCUT2D eigenvalue weighted by molar-refractivity contribution is 6.30. The van der Waals surface area contributed by atoms with Gasteiger partial charge in [0, 0.05) is 37.7 Å². The second kappa shape index (κ2) is 9.82. The molecule has 146 valence electrons. The summed E-state index contributed by atoms with van der Waals surface area (Å²) in [5.41, 5.74) is 2.04. The van der Waals surface area contributed by atoms with Crippen LogP contribution in [0.3, 0.4) is 0 Å². The van der Waals surface area contributed by atoms with E-state index in [0.717, 1.165) is 63.4 Å². The number of nitrogens with one attached hydrogen (secondary N) is 2. The molecule has 1 aromatic heterocycles. The highest BCUT2D eigenvalue weighted by atomic mass is 35.5. The molecule has 1 saturated heterocycles. The highest BCUT2D eigenvalue weighted by Crippen LogP contribution is 2.18. The maximum atomic E-state index is 12.6. The predicted octanol–water partition coefficient (Wildman–Crippen LogP) is 1.90. The molecule has 0 atom stereocenters. The number of carbonyl (C=O) groups excluding carboxylic acids is 1. The fourth-order valence-electron chi connectivity index (χ4n) is 3.28. The van der Waals surface area contributed by atoms with Gasteiger partial charge in [0.2, 0.25) is 0 Å². The van der Waals surface area contributed by atoms with Crippen molar-refractivity contribution >= 4 is 17.5 Å². The van der Waals surface area contributed by atoms with Gasteiger partial charge in [-0.25, -0.2) is 4.68 Å². The molecule has 0 bridgehead atoms. The first-order chi connectivity index (χ1) is 13.2. The molecule has 0 radical (unpaired) electrons. The lowest BCUT2D eigenvalue weighted by molar-refractivity contribution is 0.0945. The van der Waals surface area contributed by atoms with E-state index in [1.54, 1.807) is 4.68 Å². The van der Waals surface area contributed by atoms with Crippen LogP contribution in [0.25, 0.3) is 5.69 Å². The van der Waals surface area contributed by atoms with Gasteiger partial charge >= 0.3 is 0 Å². The van der Waals surface area contributed by atoms with Crippen LogP contribution in [0.4, 0.5) is 0 Å². The summed E-state index contributed by atoms with van der Waals surface area (Å²) in [5, 5.41) is 15.3. The Bertz CT molecular complexity index is 756. The number of aromatic nitrogens is 3. The number of carbonyl (C=O) groups is 1. The smallest absolute Gasteiger partial charge is 0.273 e. The first-order valence-electron chi connectivity index (χ1n) is 9.61. The molecule has 7 nitrogen and oxygen atoms in total. The van der Waals surface area contributed by atoms with Crippen molar-refractivity contribution in [2.75, 3.05) is 39.3 Å². The van der Waals surface area contributed by atoms with Crippen LogP contribution in [-0.2, 0) is 6.42 Å². The molecule has 2 aromatic rings. The minimum Gasteiger partial charge on any atom is -0.351 e. The Morgan fingerprint density at radius 2 is 2.15 bits per heavy atom. The van der Waals surface area contributed by atoms with Gasteiger partial charge in [0.15, 0.2) is 5.69 Å². The number of rotatable bonds is 8. The topological polar surface area (TPSA) is 75.1 Å². The van der Waals surface area contributed by atoms with Gasteiger partial charge in [-0.15, -0.1) is 5.10 Å². The molecule has 1 aliphatic rings. The van der Waals surface area contributed by atoms with Crippen molar-refractivity contribution in [3.8, 4) is 5.69 Å². The van der Waals surface area contributed by atoms with Gasteiger partial charge in [-0.2, -0.15) is 0 Å². The number of amides is 1. The number of nitrogens with zero attached hydrogens (tertiary/aromatic N) is 4. The standard InChI is InChI=1S/C19H27ClN6O/c1-2-5-17-18(23-24-26(17)16-7-3-6-15(20)14-16)19(27)22-8-4-11-25-12-9-21-10-13-25/h3,6-7,14,21H,2,4-5,8-13H2,1H3,(H,22,27).